The molecule has 0 spiro atoms. The second-order valence-corrected chi connectivity index (χ2v) is 6.04. The maximum absolute atomic E-state index is 13.1. The van der Waals surface area contributed by atoms with Crippen molar-refractivity contribution in [2.75, 3.05) is 20.1 Å². The summed E-state index contributed by atoms with van der Waals surface area (Å²) in [6, 6.07) is 11.4. The molecule has 0 fully saturated rings. The van der Waals surface area contributed by atoms with Gasteiger partial charge in [-0.05, 0) is 43.1 Å². The van der Waals surface area contributed by atoms with Gasteiger partial charge in [-0.3, -0.25) is 0 Å². The van der Waals surface area contributed by atoms with Crippen LogP contribution in [0.25, 0.3) is 0 Å². The van der Waals surface area contributed by atoms with E-state index in [4.69, 9.17) is 0 Å². The molecule has 0 amide bonds. The highest BCUT2D eigenvalue weighted by atomic mass is 32.1. The van der Waals surface area contributed by atoms with E-state index < -0.39 is 0 Å². The van der Waals surface area contributed by atoms with Gasteiger partial charge in [-0.1, -0.05) is 18.2 Å². The van der Waals surface area contributed by atoms with Gasteiger partial charge >= 0.3 is 0 Å². The van der Waals surface area contributed by atoms with Gasteiger partial charge in [-0.15, -0.1) is 11.3 Å². The van der Waals surface area contributed by atoms with E-state index in [1.54, 1.807) is 23.5 Å². The minimum absolute atomic E-state index is 0.166. The van der Waals surface area contributed by atoms with Crippen molar-refractivity contribution in [2.24, 2.45) is 0 Å². The van der Waals surface area contributed by atoms with Crippen molar-refractivity contribution in [3.63, 3.8) is 0 Å². The van der Waals surface area contributed by atoms with Crippen LogP contribution < -0.4 is 5.32 Å². The van der Waals surface area contributed by atoms with E-state index in [0.717, 1.165) is 25.2 Å². The van der Waals surface area contributed by atoms with Crippen molar-refractivity contribution < 1.29 is 4.39 Å². The fraction of sp³-hybridized carbons (Fsp3) is 0.375. The lowest BCUT2D eigenvalue weighted by molar-refractivity contribution is 0.319. The van der Waals surface area contributed by atoms with Crippen LogP contribution in [-0.4, -0.2) is 25.0 Å². The first-order chi connectivity index (χ1) is 9.65. The molecule has 0 saturated carbocycles. The first kappa shape index (κ1) is 15.2. The molecule has 20 heavy (non-hydrogen) atoms. The number of nitrogens with zero attached hydrogens (tertiary/aromatic N) is 1. The summed E-state index contributed by atoms with van der Waals surface area (Å²) in [6.07, 6.45) is 0. The number of thiophene rings is 1. The normalized spacial score (nSPS) is 12.8. The lowest BCUT2D eigenvalue weighted by atomic mass is 10.2. The maximum Gasteiger partial charge on any atom is 0.123 e. The van der Waals surface area contributed by atoms with Crippen molar-refractivity contribution >= 4 is 11.3 Å². The van der Waals surface area contributed by atoms with E-state index in [-0.39, 0.29) is 5.82 Å². The van der Waals surface area contributed by atoms with Crippen LogP contribution in [0.2, 0.25) is 0 Å². The molecule has 1 unspecified atom stereocenters. The third-order valence-electron chi connectivity index (χ3n) is 3.26. The van der Waals surface area contributed by atoms with E-state index in [1.807, 2.05) is 6.07 Å². The molecule has 0 aliphatic rings. The summed E-state index contributed by atoms with van der Waals surface area (Å²) in [4.78, 5) is 3.56. The number of hydrogen-bond acceptors (Lipinski definition) is 3. The van der Waals surface area contributed by atoms with Crippen LogP contribution in [0.3, 0.4) is 0 Å². The van der Waals surface area contributed by atoms with Crippen molar-refractivity contribution in [3.05, 3.63) is 58.0 Å². The Labute approximate surface area is 124 Å². The Morgan fingerprint density at radius 1 is 1.30 bits per heavy atom. The van der Waals surface area contributed by atoms with Gasteiger partial charge in [-0.25, -0.2) is 4.39 Å². The van der Waals surface area contributed by atoms with Crippen LogP contribution in [0.5, 0.6) is 0 Å². The number of likely N-dealkylation sites (N-methyl/N-ethyl adjacent to an activating group) is 1. The molecule has 0 bridgehead atoms. The Morgan fingerprint density at radius 3 is 2.85 bits per heavy atom. The number of halogens is 1. The molecule has 1 atom stereocenters. The monoisotopic (exact) mass is 292 g/mol. The molecule has 2 rings (SSSR count). The number of rotatable bonds is 7. The lowest BCUT2D eigenvalue weighted by Crippen LogP contribution is -2.30. The molecule has 1 N–H and O–H groups in total. The summed E-state index contributed by atoms with van der Waals surface area (Å²) in [7, 11) is 2.06. The van der Waals surface area contributed by atoms with Crippen molar-refractivity contribution in [2.45, 2.75) is 19.5 Å². The van der Waals surface area contributed by atoms with Crippen molar-refractivity contribution in [1.29, 1.82) is 0 Å². The lowest BCUT2D eigenvalue weighted by Gasteiger charge is -2.19. The quantitative estimate of drug-likeness (QED) is 0.837. The summed E-state index contributed by atoms with van der Waals surface area (Å²) >= 11 is 1.78. The Morgan fingerprint density at radius 2 is 2.15 bits per heavy atom. The number of benzene rings is 1. The Hall–Kier alpha value is -1.23. The molecule has 2 aromatic rings. The summed E-state index contributed by atoms with van der Waals surface area (Å²) in [6.45, 7) is 4.81. The number of nitrogens with one attached hydrogen (secondary N) is 1. The molecule has 0 aliphatic heterocycles. The van der Waals surface area contributed by atoms with Gasteiger partial charge in [0, 0.05) is 30.6 Å². The summed E-state index contributed by atoms with van der Waals surface area (Å²) in [5, 5.41) is 5.61. The first-order valence-corrected chi connectivity index (χ1v) is 7.73. The zero-order valence-corrected chi connectivity index (χ0v) is 12.8. The highest BCUT2D eigenvalue weighted by Gasteiger charge is 2.06. The minimum atomic E-state index is -0.166. The number of hydrogen-bond donors (Lipinski definition) is 1. The van der Waals surface area contributed by atoms with Gasteiger partial charge in [0.25, 0.3) is 0 Å². The Kier molecular flexibility index (Phi) is 5.71. The van der Waals surface area contributed by atoms with E-state index in [2.05, 4.69) is 41.7 Å². The Balaban J connectivity index is 1.71. The predicted molar refractivity (Wildman–Crippen MR) is 83.5 cm³/mol. The van der Waals surface area contributed by atoms with Crippen LogP contribution in [0.4, 0.5) is 4.39 Å². The second-order valence-electron chi connectivity index (χ2n) is 5.06. The Bertz CT molecular complexity index is 513. The molecule has 2 nitrogen and oxygen atoms in total. The van der Waals surface area contributed by atoms with Crippen molar-refractivity contribution in [1.82, 2.24) is 10.2 Å². The molecular formula is C16H21FN2S. The van der Waals surface area contributed by atoms with Crippen LogP contribution in [0, 0.1) is 5.82 Å². The molecule has 0 radical (unpaired) electrons. The van der Waals surface area contributed by atoms with Crippen molar-refractivity contribution in [3.8, 4) is 0 Å². The topological polar surface area (TPSA) is 15.3 Å². The zero-order chi connectivity index (χ0) is 14.4. The van der Waals surface area contributed by atoms with Gasteiger partial charge in [0.1, 0.15) is 5.82 Å². The first-order valence-electron chi connectivity index (χ1n) is 6.85. The molecular weight excluding hydrogens is 271 g/mol. The molecule has 1 aromatic heterocycles. The van der Waals surface area contributed by atoms with Gasteiger partial charge in [0.15, 0.2) is 0 Å². The molecule has 0 aliphatic carbocycles. The van der Waals surface area contributed by atoms with Gasteiger partial charge in [-0.2, -0.15) is 0 Å². The van der Waals surface area contributed by atoms with E-state index in [0.29, 0.717) is 6.04 Å². The third-order valence-corrected chi connectivity index (χ3v) is 4.31. The fourth-order valence-corrected chi connectivity index (χ4v) is 2.90. The van der Waals surface area contributed by atoms with E-state index >= 15 is 0 Å². The van der Waals surface area contributed by atoms with Gasteiger partial charge in [0.05, 0.1) is 0 Å². The highest BCUT2D eigenvalue weighted by Crippen LogP contribution is 2.17. The fourth-order valence-electron chi connectivity index (χ4n) is 2.14. The summed E-state index contributed by atoms with van der Waals surface area (Å²) in [5.74, 6) is -0.166. The SMILES string of the molecule is CC(NCCN(C)Cc1cccc(F)c1)c1cccs1. The molecule has 1 aromatic carbocycles. The highest BCUT2D eigenvalue weighted by molar-refractivity contribution is 7.10. The molecule has 0 saturated heterocycles. The zero-order valence-electron chi connectivity index (χ0n) is 12.0. The van der Waals surface area contributed by atoms with Crippen LogP contribution in [-0.2, 0) is 6.54 Å². The smallest absolute Gasteiger partial charge is 0.123 e. The maximum atomic E-state index is 13.1. The largest absolute Gasteiger partial charge is 0.308 e. The van der Waals surface area contributed by atoms with E-state index in [1.165, 1.54) is 10.9 Å². The predicted octanol–water partition coefficient (Wildman–Crippen LogP) is 3.67. The average Bonchev–Trinajstić information content (AvgIpc) is 2.92. The van der Waals surface area contributed by atoms with E-state index in [9.17, 15) is 4.39 Å². The summed E-state index contributed by atoms with van der Waals surface area (Å²) in [5.41, 5.74) is 1.01. The molecule has 1 heterocycles. The van der Waals surface area contributed by atoms with Crippen LogP contribution in [0.1, 0.15) is 23.4 Å². The minimum Gasteiger partial charge on any atom is -0.308 e. The van der Waals surface area contributed by atoms with Gasteiger partial charge < -0.3 is 10.2 Å². The van der Waals surface area contributed by atoms with Gasteiger partial charge in [0.2, 0.25) is 0 Å². The molecule has 108 valence electrons. The second kappa shape index (κ2) is 7.53. The van der Waals surface area contributed by atoms with Crippen LogP contribution >= 0.6 is 11.3 Å². The summed E-state index contributed by atoms with van der Waals surface area (Å²) < 4.78 is 13.1. The van der Waals surface area contributed by atoms with Crippen LogP contribution in [0.15, 0.2) is 41.8 Å². The standard InChI is InChI=1S/C16H21FN2S/c1-13(16-7-4-10-20-16)18-8-9-19(2)12-14-5-3-6-15(17)11-14/h3-7,10-11,13,18H,8-9,12H2,1-2H3. The molecule has 4 heteroatoms. The average molecular weight is 292 g/mol. The third kappa shape index (κ3) is 4.71.